The van der Waals surface area contributed by atoms with Crippen LogP contribution >= 0.6 is 0 Å². The number of amides is 1. The molecular weight excluding hydrogens is 390 g/mol. The van der Waals surface area contributed by atoms with E-state index in [0.717, 1.165) is 48.0 Å². The number of rotatable bonds is 6. The fraction of sp³-hybridized carbons (Fsp3) is 0.360. The summed E-state index contributed by atoms with van der Waals surface area (Å²) in [4.78, 5) is 13.7. The molecule has 6 nitrogen and oxygen atoms in total. The van der Waals surface area contributed by atoms with Gasteiger partial charge in [0.05, 0.1) is 13.2 Å². The van der Waals surface area contributed by atoms with E-state index < -0.39 is 0 Å². The lowest BCUT2D eigenvalue weighted by Crippen LogP contribution is -2.28. The van der Waals surface area contributed by atoms with E-state index in [2.05, 4.69) is 33.6 Å². The van der Waals surface area contributed by atoms with E-state index >= 15 is 0 Å². The maximum atomic E-state index is 11.2. The van der Waals surface area contributed by atoms with Crippen molar-refractivity contribution in [1.29, 1.82) is 0 Å². The predicted octanol–water partition coefficient (Wildman–Crippen LogP) is 5.43. The van der Waals surface area contributed by atoms with E-state index in [4.69, 9.17) is 9.26 Å². The molecule has 0 spiro atoms. The molecule has 1 N–H and O–H groups in total. The minimum absolute atomic E-state index is 0.0565. The fourth-order valence-electron chi connectivity index (χ4n) is 4.16. The molecule has 6 heteroatoms. The SMILES string of the molecule is COc1ccc(-c2cc([C@H]3CCCCCN3Cc3ccc(NC(C)=O)cc3)no2)cc1. The van der Waals surface area contributed by atoms with Gasteiger partial charge in [0.15, 0.2) is 5.76 Å². The Morgan fingerprint density at radius 2 is 1.90 bits per heavy atom. The zero-order valence-electron chi connectivity index (χ0n) is 18.1. The van der Waals surface area contributed by atoms with Crippen molar-refractivity contribution in [2.24, 2.45) is 0 Å². The standard InChI is InChI=1S/C25H29N3O3/c1-18(29)26-21-11-7-19(8-12-21)17-28-15-5-3-4-6-24(28)23-16-25(31-27-23)20-9-13-22(30-2)14-10-20/h7-14,16,24H,3-6,15,17H2,1-2H3,(H,26,29)/t24-/m1/s1. The Morgan fingerprint density at radius 1 is 1.13 bits per heavy atom. The lowest BCUT2D eigenvalue weighted by molar-refractivity contribution is -0.114. The van der Waals surface area contributed by atoms with Crippen molar-refractivity contribution in [3.05, 3.63) is 65.9 Å². The summed E-state index contributed by atoms with van der Waals surface area (Å²) in [5.41, 5.74) is 4.03. The number of ether oxygens (including phenoxy) is 1. The van der Waals surface area contributed by atoms with Crippen LogP contribution in [0.3, 0.4) is 0 Å². The molecule has 4 rings (SSSR count). The van der Waals surface area contributed by atoms with Gasteiger partial charge in [-0.2, -0.15) is 0 Å². The third-order valence-corrected chi connectivity index (χ3v) is 5.77. The molecule has 1 amide bonds. The summed E-state index contributed by atoms with van der Waals surface area (Å²) in [6.07, 6.45) is 4.67. The van der Waals surface area contributed by atoms with Crippen LogP contribution < -0.4 is 10.1 Å². The van der Waals surface area contributed by atoms with Crippen LogP contribution in [-0.2, 0) is 11.3 Å². The number of hydrogen-bond acceptors (Lipinski definition) is 5. The highest BCUT2D eigenvalue weighted by atomic mass is 16.5. The Hall–Kier alpha value is -3.12. The molecule has 1 aliphatic rings. The smallest absolute Gasteiger partial charge is 0.221 e. The molecule has 162 valence electrons. The van der Waals surface area contributed by atoms with E-state index in [9.17, 15) is 4.79 Å². The average molecular weight is 420 g/mol. The number of nitrogens with zero attached hydrogens (tertiary/aromatic N) is 2. The van der Waals surface area contributed by atoms with Crippen LogP contribution in [0.4, 0.5) is 5.69 Å². The number of anilines is 1. The van der Waals surface area contributed by atoms with Crippen LogP contribution in [0.15, 0.2) is 59.1 Å². The van der Waals surface area contributed by atoms with Crippen molar-refractivity contribution in [3.63, 3.8) is 0 Å². The van der Waals surface area contributed by atoms with Gasteiger partial charge in [-0.3, -0.25) is 9.69 Å². The van der Waals surface area contributed by atoms with Gasteiger partial charge in [0.1, 0.15) is 11.4 Å². The quantitative estimate of drug-likeness (QED) is 0.577. The summed E-state index contributed by atoms with van der Waals surface area (Å²) >= 11 is 0. The number of aromatic nitrogens is 1. The van der Waals surface area contributed by atoms with Gasteiger partial charge in [-0.15, -0.1) is 0 Å². The number of carbonyl (C=O) groups is 1. The molecule has 1 aliphatic heterocycles. The number of benzene rings is 2. The molecule has 3 aromatic rings. The maximum absolute atomic E-state index is 11.2. The average Bonchev–Trinajstić information content (AvgIpc) is 3.15. The molecule has 31 heavy (non-hydrogen) atoms. The van der Waals surface area contributed by atoms with Crippen LogP contribution in [0.25, 0.3) is 11.3 Å². The van der Waals surface area contributed by atoms with Crippen LogP contribution in [0.5, 0.6) is 5.75 Å². The van der Waals surface area contributed by atoms with Gasteiger partial charge < -0.3 is 14.6 Å². The van der Waals surface area contributed by atoms with Crippen LogP contribution in [0.2, 0.25) is 0 Å². The van der Waals surface area contributed by atoms with Gasteiger partial charge in [0, 0.05) is 30.8 Å². The first-order valence-corrected chi connectivity index (χ1v) is 10.8. The summed E-state index contributed by atoms with van der Waals surface area (Å²) in [5, 5.41) is 7.27. The van der Waals surface area contributed by atoms with Gasteiger partial charge in [0.25, 0.3) is 0 Å². The van der Waals surface area contributed by atoms with Crippen molar-refractivity contribution in [2.75, 3.05) is 19.0 Å². The zero-order valence-corrected chi connectivity index (χ0v) is 18.1. The minimum atomic E-state index is -0.0565. The Morgan fingerprint density at radius 3 is 2.61 bits per heavy atom. The second-order valence-corrected chi connectivity index (χ2v) is 8.06. The summed E-state index contributed by atoms with van der Waals surface area (Å²) in [6.45, 7) is 3.40. The molecule has 0 unspecified atom stereocenters. The summed E-state index contributed by atoms with van der Waals surface area (Å²) in [5.74, 6) is 1.54. The summed E-state index contributed by atoms with van der Waals surface area (Å²) in [6, 6.07) is 18.2. The molecule has 0 aliphatic carbocycles. The van der Waals surface area contributed by atoms with E-state index in [1.165, 1.54) is 31.7 Å². The van der Waals surface area contributed by atoms with Crippen molar-refractivity contribution >= 4 is 11.6 Å². The van der Waals surface area contributed by atoms with Gasteiger partial charge in [-0.25, -0.2) is 0 Å². The third-order valence-electron chi connectivity index (χ3n) is 5.77. The van der Waals surface area contributed by atoms with Gasteiger partial charge in [-0.05, 0) is 61.3 Å². The first-order valence-electron chi connectivity index (χ1n) is 10.8. The zero-order chi connectivity index (χ0) is 21.6. The number of likely N-dealkylation sites (tertiary alicyclic amines) is 1. The highest BCUT2D eigenvalue weighted by Crippen LogP contribution is 2.33. The Kier molecular flexibility index (Phi) is 6.67. The molecule has 0 bridgehead atoms. The number of hydrogen-bond donors (Lipinski definition) is 1. The second-order valence-electron chi connectivity index (χ2n) is 8.06. The van der Waals surface area contributed by atoms with Crippen LogP contribution in [0.1, 0.15) is 49.9 Å². The van der Waals surface area contributed by atoms with E-state index in [1.807, 2.05) is 36.4 Å². The highest BCUT2D eigenvalue weighted by molar-refractivity contribution is 5.88. The molecule has 2 aromatic carbocycles. The molecule has 0 radical (unpaired) electrons. The van der Waals surface area contributed by atoms with Crippen molar-refractivity contribution < 1.29 is 14.1 Å². The molecule has 1 atom stereocenters. The molecule has 1 aromatic heterocycles. The lowest BCUT2D eigenvalue weighted by atomic mass is 10.0. The maximum Gasteiger partial charge on any atom is 0.221 e. The summed E-state index contributed by atoms with van der Waals surface area (Å²) in [7, 11) is 1.66. The van der Waals surface area contributed by atoms with E-state index in [1.54, 1.807) is 7.11 Å². The first-order chi connectivity index (χ1) is 15.1. The summed E-state index contributed by atoms with van der Waals surface area (Å²) < 4.78 is 11.0. The number of carbonyl (C=O) groups excluding carboxylic acids is 1. The second kappa shape index (κ2) is 9.79. The lowest BCUT2D eigenvalue weighted by Gasteiger charge is -2.28. The Bertz CT molecular complexity index is 996. The van der Waals surface area contributed by atoms with E-state index in [-0.39, 0.29) is 11.9 Å². The normalized spacial score (nSPS) is 17.2. The third kappa shape index (κ3) is 5.33. The fourth-order valence-corrected chi connectivity index (χ4v) is 4.16. The predicted molar refractivity (Wildman–Crippen MR) is 121 cm³/mol. The molecular formula is C25H29N3O3. The largest absolute Gasteiger partial charge is 0.497 e. The van der Waals surface area contributed by atoms with Gasteiger partial charge in [0.2, 0.25) is 5.91 Å². The molecule has 1 saturated heterocycles. The van der Waals surface area contributed by atoms with Gasteiger partial charge in [-0.1, -0.05) is 30.1 Å². The Balaban J connectivity index is 1.51. The first kappa shape index (κ1) is 21.1. The van der Waals surface area contributed by atoms with Crippen molar-refractivity contribution in [2.45, 2.75) is 45.2 Å². The minimum Gasteiger partial charge on any atom is -0.497 e. The Labute approximate surface area is 183 Å². The topological polar surface area (TPSA) is 67.6 Å². The number of methoxy groups -OCH3 is 1. The van der Waals surface area contributed by atoms with Crippen molar-refractivity contribution in [3.8, 4) is 17.1 Å². The monoisotopic (exact) mass is 419 g/mol. The number of nitrogens with one attached hydrogen (secondary N) is 1. The van der Waals surface area contributed by atoms with Crippen LogP contribution in [0, 0.1) is 0 Å². The highest BCUT2D eigenvalue weighted by Gasteiger charge is 2.26. The van der Waals surface area contributed by atoms with Crippen LogP contribution in [-0.4, -0.2) is 29.6 Å². The van der Waals surface area contributed by atoms with Gasteiger partial charge >= 0.3 is 0 Å². The van der Waals surface area contributed by atoms with E-state index in [0.29, 0.717) is 0 Å². The molecule has 1 fully saturated rings. The molecule has 0 saturated carbocycles. The molecule has 2 heterocycles. The van der Waals surface area contributed by atoms with Crippen molar-refractivity contribution in [1.82, 2.24) is 10.1 Å².